The quantitative estimate of drug-likeness (QED) is 0.0379. The number of aromatic amines is 2. The van der Waals surface area contributed by atoms with E-state index >= 15 is 0 Å². The molecule has 0 saturated carbocycles. The molecule has 0 spiro atoms. The summed E-state index contributed by atoms with van der Waals surface area (Å²) in [6.07, 6.45) is 3.58. The molecule has 0 unspecified atom stereocenters. The minimum atomic E-state index is -1.66. The van der Waals surface area contributed by atoms with Crippen molar-refractivity contribution in [2.75, 3.05) is 18.6 Å². The number of hydrogen-bond acceptors (Lipinski definition) is 12. The number of carbonyl (C=O) groups is 7. The number of para-hydroxylation sites is 2. The number of carbonyl (C=O) groups excluding carboxylic acids is 6. The Bertz CT molecular complexity index is 2580. The van der Waals surface area contributed by atoms with Crippen LogP contribution < -0.4 is 37.6 Å². The van der Waals surface area contributed by atoms with Gasteiger partial charge in [0.05, 0.1) is 18.8 Å². The average Bonchev–Trinajstić information content (AvgIpc) is 3.93. The van der Waals surface area contributed by atoms with Crippen LogP contribution in [0, 0.1) is 5.92 Å². The number of nitrogens with two attached hydrogens (primary N) is 1. The molecule has 2 heterocycles. The molecule has 5 rings (SSSR count). The lowest BCUT2D eigenvalue weighted by Gasteiger charge is -2.29. The van der Waals surface area contributed by atoms with Crippen LogP contribution in [-0.4, -0.2) is 139 Å². The second kappa shape index (κ2) is 24.9. The van der Waals surface area contributed by atoms with Crippen LogP contribution >= 0.6 is 11.8 Å². The van der Waals surface area contributed by atoms with Crippen molar-refractivity contribution in [1.82, 2.24) is 41.9 Å². The summed E-state index contributed by atoms with van der Waals surface area (Å²) < 4.78 is 0. The summed E-state index contributed by atoms with van der Waals surface area (Å²) in [6, 6.07) is 10.8. The number of amides is 6. The second-order valence-corrected chi connectivity index (χ2v) is 18.1. The van der Waals surface area contributed by atoms with Crippen molar-refractivity contribution in [3.8, 4) is 5.75 Å². The van der Waals surface area contributed by atoms with Gasteiger partial charge < -0.3 is 68.0 Å². The van der Waals surface area contributed by atoms with E-state index in [0.717, 1.165) is 27.4 Å². The first-order valence-corrected chi connectivity index (χ1v) is 23.8. The van der Waals surface area contributed by atoms with Gasteiger partial charge in [-0.2, -0.15) is 11.8 Å². The number of rotatable bonds is 25. The van der Waals surface area contributed by atoms with Crippen LogP contribution in [0.4, 0.5) is 0 Å². The number of fused-ring (bicyclic) bond motifs is 2. The Labute approximate surface area is 402 Å². The summed E-state index contributed by atoms with van der Waals surface area (Å²) in [7, 11) is 0. The minimum absolute atomic E-state index is 0.0309. The molecular formula is C48H61N9O11S. The summed E-state index contributed by atoms with van der Waals surface area (Å²) >= 11 is 1.36. The van der Waals surface area contributed by atoms with Gasteiger partial charge in [-0.1, -0.05) is 62.4 Å². The number of hydrogen-bond donors (Lipinski definition) is 13. The standard InChI is InChI=1S/C48H61N9O11S/c1-25(2)40(46(65)52-36(17-18-69-4)43(62)55-39(24-58)45(64)54-38(48(67)68)21-29-23-51-35-12-8-6-10-32(29)35)56-47(66)41(26(3)59)57-44(63)37(19-27-13-15-30(60)16-14-27)53-42(61)33(49)20-28-22-50-34-11-7-5-9-31(28)34/h5-16,22-23,25-26,33,36-41,50-51,58-60H,17-21,24,49H2,1-4H3,(H,52,65)(H,53,61)(H,54,64)(H,55,62)(H,56,66)(H,57,63)(H,67,68)/t26-,33+,36+,37+,38+,39+,40+,41+/m1/s1. The molecule has 3 aromatic carbocycles. The highest BCUT2D eigenvalue weighted by Gasteiger charge is 2.36. The lowest BCUT2D eigenvalue weighted by molar-refractivity contribution is -0.142. The fourth-order valence-corrected chi connectivity index (χ4v) is 8.12. The number of benzene rings is 3. The highest BCUT2D eigenvalue weighted by Crippen LogP contribution is 2.21. The van der Waals surface area contributed by atoms with Gasteiger partial charge in [0.25, 0.3) is 0 Å². The molecule has 2 aromatic heterocycles. The summed E-state index contributed by atoms with van der Waals surface area (Å²) in [5.41, 5.74) is 9.90. The lowest BCUT2D eigenvalue weighted by atomic mass is 10.0. The van der Waals surface area contributed by atoms with E-state index in [1.165, 1.54) is 30.8 Å². The largest absolute Gasteiger partial charge is 0.508 e. The Hall–Kier alpha value is -6.94. The fourth-order valence-electron chi connectivity index (χ4n) is 7.65. The molecule has 0 aliphatic carbocycles. The number of aromatic nitrogens is 2. The summed E-state index contributed by atoms with van der Waals surface area (Å²) in [6.45, 7) is 3.56. The van der Waals surface area contributed by atoms with Crippen molar-refractivity contribution in [2.24, 2.45) is 11.7 Å². The van der Waals surface area contributed by atoms with E-state index in [9.17, 15) is 54.0 Å². The zero-order chi connectivity index (χ0) is 50.4. The first-order valence-electron chi connectivity index (χ1n) is 22.4. The molecule has 6 amide bonds. The molecule has 5 aromatic rings. The predicted octanol–water partition coefficient (Wildman–Crippen LogP) is 0.486. The molecule has 0 fully saturated rings. The second-order valence-electron chi connectivity index (χ2n) is 17.1. The molecule has 8 atom stereocenters. The van der Waals surface area contributed by atoms with Gasteiger partial charge in [-0.25, -0.2) is 4.79 Å². The molecule has 21 heteroatoms. The number of aliphatic carboxylic acids is 1. The predicted molar refractivity (Wildman–Crippen MR) is 260 cm³/mol. The molecule has 0 saturated heterocycles. The minimum Gasteiger partial charge on any atom is -0.508 e. The number of H-pyrrole nitrogens is 2. The summed E-state index contributed by atoms with van der Waals surface area (Å²) in [4.78, 5) is 101. The lowest BCUT2D eigenvalue weighted by Crippen LogP contribution is -2.62. The van der Waals surface area contributed by atoms with Crippen LogP contribution in [0.1, 0.15) is 43.9 Å². The Kier molecular flexibility index (Phi) is 19.1. The van der Waals surface area contributed by atoms with Crippen molar-refractivity contribution in [2.45, 2.75) is 94.9 Å². The van der Waals surface area contributed by atoms with E-state index in [4.69, 9.17) is 5.73 Å². The van der Waals surface area contributed by atoms with Gasteiger partial charge in [-0.05, 0) is 78.6 Å². The highest BCUT2D eigenvalue weighted by molar-refractivity contribution is 7.98. The maximum Gasteiger partial charge on any atom is 0.326 e. The zero-order valence-electron chi connectivity index (χ0n) is 38.7. The van der Waals surface area contributed by atoms with Crippen LogP contribution in [-0.2, 0) is 52.8 Å². The third-order valence-electron chi connectivity index (χ3n) is 11.5. The first kappa shape index (κ1) is 53.0. The topological polar surface area (TPSA) is 330 Å². The normalized spacial score (nSPS) is 14.9. The van der Waals surface area contributed by atoms with Crippen LogP contribution in [0.5, 0.6) is 5.75 Å². The fraction of sp³-hybridized carbons (Fsp3) is 0.396. The maximum absolute atomic E-state index is 14.0. The molecule has 0 aliphatic rings. The molecule has 0 aliphatic heterocycles. The van der Waals surface area contributed by atoms with Gasteiger partial charge in [-0.15, -0.1) is 0 Å². The molecule has 69 heavy (non-hydrogen) atoms. The van der Waals surface area contributed by atoms with E-state index in [-0.39, 0.29) is 31.4 Å². The van der Waals surface area contributed by atoms with Crippen molar-refractivity contribution in [3.05, 3.63) is 102 Å². The average molecular weight is 972 g/mol. The number of phenolic OH excluding ortho intramolecular Hbond substituents is 1. The molecule has 0 bridgehead atoms. The zero-order valence-corrected chi connectivity index (χ0v) is 39.5. The van der Waals surface area contributed by atoms with Crippen LogP contribution in [0.15, 0.2) is 85.2 Å². The Morgan fingerprint density at radius 1 is 0.609 bits per heavy atom. The summed E-state index contributed by atoms with van der Waals surface area (Å²) in [5.74, 6) is -6.85. The SMILES string of the molecule is CSCC[C@H](NC(=O)[C@@H](NC(=O)[C@@H](NC(=O)[C@H](Cc1ccc(O)cc1)NC(=O)[C@@H](N)Cc1c[nH]c2ccccc12)[C@@H](C)O)C(C)C)C(=O)N[C@@H](CO)C(=O)N[C@@H](Cc1c[nH]c2ccccc12)C(=O)O. The number of carboxylic acids is 1. The number of phenols is 1. The van der Waals surface area contributed by atoms with Crippen LogP contribution in [0.3, 0.4) is 0 Å². The van der Waals surface area contributed by atoms with E-state index in [0.29, 0.717) is 16.9 Å². The Morgan fingerprint density at radius 3 is 1.65 bits per heavy atom. The number of aliphatic hydroxyl groups is 2. The van der Waals surface area contributed by atoms with E-state index in [2.05, 4.69) is 41.9 Å². The van der Waals surface area contributed by atoms with Gasteiger partial charge in [0, 0.05) is 47.0 Å². The van der Waals surface area contributed by atoms with Gasteiger partial charge in [0.15, 0.2) is 0 Å². The van der Waals surface area contributed by atoms with Crippen LogP contribution in [0.25, 0.3) is 21.8 Å². The molecule has 0 radical (unpaired) electrons. The van der Waals surface area contributed by atoms with Crippen molar-refractivity contribution in [1.29, 1.82) is 0 Å². The molecule has 14 N–H and O–H groups in total. The number of aromatic hydroxyl groups is 1. The van der Waals surface area contributed by atoms with Crippen molar-refractivity contribution in [3.63, 3.8) is 0 Å². The van der Waals surface area contributed by atoms with Crippen molar-refractivity contribution < 1.29 is 54.0 Å². The number of aliphatic hydroxyl groups excluding tert-OH is 2. The van der Waals surface area contributed by atoms with E-state index in [1.54, 1.807) is 56.8 Å². The molecule has 20 nitrogen and oxygen atoms in total. The van der Waals surface area contributed by atoms with Crippen LogP contribution in [0.2, 0.25) is 0 Å². The maximum atomic E-state index is 14.0. The summed E-state index contributed by atoms with van der Waals surface area (Å²) in [5, 5.41) is 57.6. The van der Waals surface area contributed by atoms with Gasteiger partial charge in [0.2, 0.25) is 35.4 Å². The molecular weight excluding hydrogens is 911 g/mol. The third-order valence-corrected chi connectivity index (χ3v) is 12.2. The number of nitrogens with one attached hydrogen (secondary N) is 8. The first-order chi connectivity index (χ1) is 32.9. The van der Waals surface area contributed by atoms with Gasteiger partial charge >= 0.3 is 5.97 Å². The third kappa shape index (κ3) is 14.5. The van der Waals surface area contributed by atoms with Gasteiger partial charge in [-0.3, -0.25) is 28.8 Å². The monoisotopic (exact) mass is 971 g/mol. The molecule has 370 valence electrons. The van der Waals surface area contributed by atoms with Gasteiger partial charge in [0.1, 0.15) is 42.0 Å². The Balaban J connectivity index is 1.25. The van der Waals surface area contributed by atoms with E-state index < -0.39 is 102 Å². The number of carboxylic acid groups (broad SMARTS) is 1. The Morgan fingerprint density at radius 2 is 1.10 bits per heavy atom. The highest BCUT2D eigenvalue weighted by atomic mass is 32.2. The van der Waals surface area contributed by atoms with E-state index in [1.807, 2.05) is 36.4 Å². The van der Waals surface area contributed by atoms with Crippen molar-refractivity contribution >= 4 is 75.0 Å². The number of thioether (sulfide) groups is 1. The smallest absolute Gasteiger partial charge is 0.326 e.